The molecule has 28 heavy (non-hydrogen) atoms. The molecule has 6 nitrogen and oxygen atoms in total. The number of halogens is 3. The Kier molecular flexibility index (Phi) is 6.13. The maximum absolute atomic E-state index is 13.1. The first-order chi connectivity index (χ1) is 13.2. The minimum Gasteiger partial charge on any atom is -0.504 e. The molecule has 2 N–H and O–H groups in total. The summed E-state index contributed by atoms with van der Waals surface area (Å²) < 4.78 is 5.86. The van der Waals surface area contributed by atoms with Crippen LogP contribution in [0.15, 0.2) is 35.9 Å². The predicted octanol–water partition coefficient (Wildman–Crippen LogP) is 4.14. The second-order valence-corrected chi connectivity index (χ2v) is 7.99. The maximum atomic E-state index is 13.1. The van der Waals surface area contributed by atoms with Gasteiger partial charge >= 0.3 is 0 Å². The number of carbonyl (C=O) groups is 2. The van der Waals surface area contributed by atoms with E-state index in [1.165, 1.54) is 13.2 Å². The van der Waals surface area contributed by atoms with Crippen LogP contribution in [-0.2, 0) is 9.59 Å². The van der Waals surface area contributed by atoms with Crippen LogP contribution in [0, 0.1) is 3.57 Å². The predicted molar refractivity (Wildman–Crippen MR) is 120 cm³/mol. The summed E-state index contributed by atoms with van der Waals surface area (Å²) >= 11 is 19.4. The minimum absolute atomic E-state index is 0.120. The summed E-state index contributed by atoms with van der Waals surface area (Å²) in [7, 11) is 1.40. The average Bonchev–Trinajstić information content (AvgIpc) is 2.64. The molecule has 2 amide bonds. The van der Waals surface area contributed by atoms with Gasteiger partial charge in [-0.25, -0.2) is 0 Å². The number of hydrogen-bond donors (Lipinski definition) is 2. The molecule has 2 aromatic rings. The topological polar surface area (TPSA) is 78.9 Å². The van der Waals surface area contributed by atoms with E-state index in [4.69, 9.17) is 40.2 Å². The number of ether oxygens (including phenoxy) is 1. The number of rotatable bonds is 3. The van der Waals surface area contributed by atoms with Gasteiger partial charge in [-0.2, -0.15) is 0 Å². The lowest BCUT2D eigenvalue weighted by Gasteiger charge is -2.29. The third kappa shape index (κ3) is 3.82. The van der Waals surface area contributed by atoms with Crippen molar-refractivity contribution >= 4 is 86.7 Å². The molecule has 1 saturated heterocycles. The van der Waals surface area contributed by atoms with Crippen molar-refractivity contribution in [3.05, 3.63) is 55.1 Å². The first kappa shape index (κ1) is 20.8. The second kappa shape index (κ2) is 8.24. The monoisotopic (exact) mass is 548 g/mol. The van der Waals surface area contributed by atoms with Gasteiger partial charge in [-0.3, -0.25) is 19.8 Å². The Morgan fingerprint density at radius 2 is 2.00 bits per heavy atom. The number of nitrogens with one attached hydrogen (secondary N) is 1. The normalized spacial score (nSPS) is 15.8. The van der Waals surface area contributed by atoms with Crippen molar-refractivity contribution < 1.29 is 19.4 Å². The van der Waals surface area contributed by atoms with Crippen molar-refractivity contribution in [1.29, 1.82) is 0 Å². The SMILES string of the molecule is COc1cc(I)cc(/C=C2\C(=O)NC(=S)N(c3cccc(Cl)c3Cl)C2=O)c1O. The van der Waals surface area contributed by atoms with Gasteiger partial charge in [0.1, 0.15) is 5.57 Å². The van der Waals surface area contributed by atoms with Crippen LogP contribution in [0.5, 0.6) is 11.5 Å². The summed E-state index contributed by atoms with van der Waals surface area (Å²) in [4.78, 5) is 26.6. The van der Waals surface area contributed by atoms with Crippen LogP contribution in [0.25, 0.3) is 6.08 Å². The Bertz CT molecular complexity index is 1060. The molecule has 144 valence electrons. The molecular formula is C18H11Cl2IN2O4S. The molecule has 10 heteroatoms. The third-order valence-electron chi connectivity index (χ3n) is 3.86. The Hall–Kier alpha value is -1.88. The van der Waals surface area contributed by atoms with E-state index >= 15 is 0 Å². The molecule has 1 aliphatic rings. The fraction of sp³-hybridized carbons (Fsp3) is 0.0556. The summed E-state index contributed by atoms with van der Waals surface area (Å²) in [5.74, 6) is -1.37. The molecule has 0 aliphatic carbocycles. The molecule has 1 fully saturated rings. The number of methoxy groups -OCH3 is 1. The van der Waals surface area contributed by atoms with Gasteiger partial charge in [-0.05, 0) is 65.2 Å². The second-order valence-electron chi connectivity index (χ2n) is 5.58. The summed E-state index contributed by atoms with van der Waals surface area (Å²) in [5, 5.41) is 13.0. The maximum Gasteiger partial charge on any atom is 0.270 e. The number of aromatic hydroxyl groups is 1. The Morgan fingerprint density at radius 3 is 2.68 bits per heavy atom. The molecular weight excluding hydrogens is 538 g/mol. The van der Waals surface area contributed by atoms with Crippen LogP contribution < -0.4 is 15.0 Å². The van der Waals surface area contributed by atoms with Crippen LogP contribution in [0.4, 0.5) is 5.69 Å². The van der Waals surface area contributed by atoms with E-state index in [1.54, 1.807) is 30.3 Å². The van der Waals surface area contributed by atoms with E-state index in [0.717, 1.165) is 8.47 Å². The van der Waals surface area contributed by atoms with Crippen molar-refractivity contribution in [1.82, 2.24) is 5.32 Å². The van der Waals surface area contributed by atoms with Gasteiger partial charge in [-0.15, -0.1) is 0 Å². The fourth-order valence-electron chi connectivity index (χ4n) is 2.56. The number of nitrogens with zero attached hydrogens (tertiary/aromatic N) is 1. The lowest BCUT2D eigenvalue weighted by Crippen LogP contribution is -2.54. The molecule has 0 bridgehead atoms. The summed E-state index contributed by atoms with van der Waals surface area (Å²) in [6.45, 7) is 0. The Morgan fingerprint density at radius 1 is 1.29 bits per heavy atom. The lowest BCUT2D eigenvalue weighted by molar-refractivity contribution is -0.122. The van der Waals surface area contributed by atoms with Crippen molar-refractivity contribution in [2.45, 2.75) is 0 Å². The zero-order valence-corrected chi connectivity index (χ0v) is 18.6. The van der Waals surface area contributed by atoms with Gasteiger partial charge in [0, 0.05) is 9.13 Å². The number of carbonyl (C=O) groups excluding carboxylic acids is 2. The highest BCUT2D eigenvalue weighted by molar-refractivity contribution is 14.1. The van der Waals surface area contributed by atoms with Crippen LogP contribution in [0.3, 0.4) is 0 Å². The zero-order chi connectivity index (χ0) is 20.6. The minimum atomic E-state index is -0.699. The molecule has 1 aliphatic heterocycles. The number of phenols is 1. The highest BCUT2D eigenvalue weighted by atomic mass is 127. The largest absolute Gasteiger partial charge is 0.504 e. The van der Waals surface area contributed by atoms with Gasteiger partial charge in [0.15, 0.2) is 16.6 Å². The molecule has 2 aromatic carbocycles. The van der Waals surface area contributed by atoms with E-state index in [2.05, 4.69) is 5.32 Å². The number of thiocarbonyl (C=S) groups is 1. The van der Waals surface area contributed by atoms with Crippen LogP contribution in [-0.4, -0.2) is 29.1 Å². The van der Waals surface area contributed by atoms with Crippen LogP contribution in [0.2, 0.25) is 10.0 Å². The van der Waals surface area contributed by atoms with Crippen molar-refractivity contribution in [2.75, 3.05) is 12.0 Å². The molecule has 0 radical (unpaired) electrons. The van der Waals surface area contributed by atoms with Gasteiger partial charge in [0.25, 0.3) is 11.8 Å². The van der Waals surface area contributed by atoms with Crippen molar-refractivity contribution in [2.24, 2.45) is 0 Å². The number of hydrogen-bond acceptors (Lipinski definition) is 5. The van der Waals surface area contributed by atoms with Gasteiger partial charge in [0.05, 0.1) is 22.8 Å². The van der Waals surface area contributed by atoms with Crippen molar-refractivity contribution in [3.8, 4) is 11.5 Å². The molecule has 0 spiro atoms. The number of benzene rings is 2. The zero-order valence-electron chi connectivity index (χ0n) is 14.1. The quantitative estimate of drug-likeness (QED) is 0.261. The molecule has 0 aromatic heterocycles. The summed E-state index contributed by atoms with van der Waals surface area (Å²) in [5.41, 5.74) is 0.246. The summed E-state index contributed by atoms with van der Waals surface area (Å²) in [6.07, 6.45) is 1.27. The molecule has 1 heterocycles. The van der Waals surface area contributed by atoms with Crippen LogP contribution in [0.1, 0.15) is 5.56 Å². The van der Waals surface area contributed by atoms with E-state index in [1.807, 2.05) is 22.6 Å². The molecule has 0 unspecified atom stereocenters. The first-order valence-electron chi connectivity index (χ1n) is 7.66. The highest BCUT2D eigenvalue weighted by Crippen LogP contribution is 2.36. The molecule has 0 atom stereocenters. The average molecular weight is 549 g/mol. The van der Waals surface area contributed by atoms with Crippen molar-refractivity contribution in [3.63, 3.8) is 0 Å². The van der Waals surface area contributed by atoms with E-state index < -0.39 is 11.8 Å². The molecule has 0 saturated carbocycles. The van der Waals surface area contributed by atoms with E-state index in [0.29, 0.717) is 0 Å². The fourth-order valence-corrected chi connectivity index (χ4v) is 3.83. The standard InChI is InChI=1S/C18H11Cl2IN2O4S/c1-27-13-7-9(21)5-8(15(13)24)6-10-16(25)22-18(28)23(17(10)26)12-4-2-3-11(19)14(12)20/h2-7,24H,1H3,(H,22,25,28)/b10-6+. The van der Waals surface area contributed by atoms with E-state index in [-0.39, 0.29) is 43.5 Å². The Balaban J connectivity index is 2.12. The molecule has 3 rings (SSSR count). The summed E-state index contributed by atoms with van der Waals surface area (Å²) in [6, 6.07) is 7.95. The number of amides is 2. The van der Waals surface area contributed by atoms with E-state index in [9.17, 15) is 14.7 Å². The lowest BCUT2D eigenvalue weighted by atomic mass is 10.1. The van der Waals surface area contributed by atoms with Gasteiger partial charge in [0.2, 0.25) is 0 Å². The van der Waals surface area contributed by atoms with Gasteiger partial charge < -0.3 is 9.84 Å². The highest BCUT2D eigenvalue weighted by Gasteiger charge is 2.36. The van der Waals surface area contributed by atoms with Gasteiger partial charge in [-0.1, -0.05) is 29.3 Å². The Labute approximate surface area is 189 Å². The smallest absolute Gasteiger partial charge is 0.270 e. The third-order valence-corrected chi connectivity index (χ3v) is 5.58. The number of phenolic OH excluding ortho intramolecular Hbond substituents is 1. The van der Waals surface area contributed by atoms with Crippen LogP contribution >= 0.6 is 58.0 Å². The number of anilines is 1. The first-order valence-corrected chi connectivity index (χ1v) is 9.91.